The molecule has 0 N–H and O–H groups in total. The molecular weight excluding hydrogens is 202 g/mol. The van der Waals surface area contributed by atoms with E-state index in [-0.39, 0.29) is 0 Å². The van der Waals surface area contributed by atoms with E-state index in [1.165, 1.54) is 0 Å². The smallest absolute Gasteiger partial charge is 0.164 e. The SMILES string of the molecule is c1ccc(-c2nnc3n2CCOCC3)cc1. The van der Waals surface area contributed by atoms with Crippen molar-refractivity contribution in [3.05, 3.63) is 36.2 Å². The highest BCUT2D eigenvalue weighted by atomic mass is 16.5. The van der Waals surface area contributed by atoms with Crippen molar-refractivity contribution in [1.82, 2.24) is 14.8 Å². The Bertz CT molecular complexity index is 478. The second kappa shape index (κ2) is 4.06. The monoisotopic (exact) mass is 215 g/mol. The molecule has 4 nitrogen and oxygen atoms in total. The first-order valence-corrected chi connectivity index (χ1v) is 5.50. The zero-order chi connectivity index (χ0) is 10.8. The maximum absolute atomic E-state index is 5.44. The molecule has 0 radical (unpaired) electrons. The van der Waals surface area contributed by atoms with Crippen molar-refractivity contribution in [1.29, 1.82) is 0 Å². The summed E-state index contributed by atoms with van der Waals surface area (Å²) in [4.78, 5) is 0. The van der Waals surface area contributed by atoms with Crippen LogP contribution in [0.2, 0.25) is 0 Å². The van der Waals surface area contributed by atoms with Gasteiger partial charge < -0.3 is 9.30 Å². The fraction of sp³-hybridized carbons (Fsp3) is 0.333. The van der Waals surface area contributed by atoms with Gasteiger partial charge in [0.05, 0.1) is 13.2 Å². The minimum atomic E-state index is 0.741. The third-order valence-corrected chi connectivity index (χ3v) is 2.79. The third kappa shape index (κ3) is 1.61. The highest BCUT2D eigenvalue weighted by Crippen LogP contribution is 2.19. The van der Waals surface area contributed by atoms with Crippen molar-refractivity contribution in [2.75, 3.05) is 13.2 Å². The summed E-state index contributed by atoms with van der Waals surface area (Å²) in [5, 5.41) is 8.49. The van der Waals surface area contributed by atoms with E-state index in [1.807, 2.05) is 18.2 Å². The van der Waals surface area contributed by atoms with E-state index in [9.17, 15) is 0 Å². The van der Waals surface area contributed by atoms with E-state index in [4.69, 9.17) is 4.74 Å². The molecule has 0 spiro atoms. The lowest BCUT2D eigenvalue weighted by Gasteiger charge is -2.05. The van der Waals surface area contributed by atoms with Crippen LogP contribution in [0.1, 0.15) is 5.82 Å². The van der Waals surface area contributed by atoms with Gasteiger partial charge in [-0.1, -0.05) is 30.3 Å². The quantitative estimate of drug-likeness (QED) is 0.724. The molecule has 0 aliphatic carbocycles. The summed E-state index contributed by atoms with van der Waals surface area (Å²) in [6, 6.07) is 10.2. The molecule has 1 aromatic heterocycles. The van der Waals surface area contributed by atoms with Gasteiger partial charge in [0.2, 0.25) is 0 Å². The Morgan fingerprint density at radius 3 is 2.81 bits per heavy atom. The van der Waals surface area contributed by atoms with E-state index in [1.54, 1.807) is 0 Å². The molecule has 2 heterocycles. The minimum absolute atomic E-state index is 0.741. The summed E-state index contributed by atoms with van der Waals surface area (Å²) < 4.78 is 7.59. The molecule has 0 atom stereocenters. The predicted octanol–water partition coefficient (Wildman–Crippen LogP) is 1.52. The molecule has 1 aliphatic rings. The van der Waals surface area contributed by atoms with Crippen LogP contribution < -0.4 is 0 Å². The van der Waals surface area contributed by atoms with Crippen LogP contribution in [0.15, 0.2) is 30.3 Å². The fourth-order valence-corrected chi connectivity index (χ4v) is 1.98. The van der Waals surface area contributed by atoms with Crippen LogP contribution in [-0.2, 0) is 17.7 Å². The average molecular weight is 215 g/mol. The van der Waals surface area contributed by atoms with Crippen LogP contribution in [0.3, 0.4) is 0 Å². The molecule has 0 saturated carbocycles. The molecule has 2 aromatic rings. The molecule has 1 aromatic carbocycles. The van der Waals surface area contributed by atoms with Crippen molar-refractivity contribution in [3.63, 3.8) is 0 Å². The summed E-state index contributed by atoms with van der Waals surface area (Å²) in [6.07, 6.45) is 0.847. The van der Waals surface area contributed by atoms with Gasteiger partial charge in [0.25, 0.3) is 0 Å². The second-order valence-corrected chi connectivity index (χ2v) is 3.82. The average Bonchev–Trinajstić information content (AvgIpc) is 2.60. The van der Waals surface area contributed by atoms with Crippen molar-refractivity contribution in [2.24, 2.45) is 0 Å². The van der Waals surface area contributed by atoms with Gasteiger partial charge in [-0.3, -0.25) is 0 Å². The first kappa shape index (κ1) is 9.54. The maximum atomic E-state index is 5.44. The summed E-state index contributed by atoms with van der Waals surface area (Å²) in [5.41, 5.74) is 1.11. The van der Waals surface area contributed by atoms with Gasteiger partial charge in [-0.2, -0.15) is 0 Å². The van der Waals surface area contributed by atoms with Gasteiger partial charge >= 0.3 is 0 Å². The third-order valence-electron chi connectivity index (χ3n) is 2.79. The molecule has 82 valence electrons. The van der Waals surface area contributed by atoms with Gasteiger partial charge in [-0.25, -0.2) is 0 Å². The zero-order valence-corrected chi connectivity index (χ0v) is 8.97. The Morgan fingerprint density at radius 2 is 1.94 bits per heavy atom. The van der Waals surface area contributed by atoms with Crippen LogP contribution in [0.4, 0.5) is 0 Å². The number of hydrogen-bond donors (Lipinski definition) is 0. The number of rotatable bonds is 1. The summed E-state index contributed by atoms with van der Waals surface area (Å²) >= 11 is 0. The molecule has 0 fully saturated rings. The fourth-order valence-electron chi connectivity index (χ4n) is 1.98. The highest BCUT2D eigenvalue weighted by Gasteiger charge is 2.15. The first-order chi connectivity index (χ1) is 7.95. The number of aromatic nitrogens is 3. The van der Waals surface area contributed by atoms with E-state index >= 15 is 0 Å². The Kier molecular flexibility index (Phi) is 2.42. The Morgan fingerprint density at radius 1 is 1.06 bits per heavy atom. The molecule has 0 saturated heterocycles. The number of nitrogens with zero attached hydrogens (tertiary/aromatic N) is 3. The molecule has 0 unspecified atom stereocenters. The molecule has 0 bridgehead atoms. The number of benzene rings is 1. The Hall–Kier alpha value is -1.68. The van der Waals surface area contributed by atoms with Gasteiger partial charge in [0.15, 0.2) is 5.82 Å². The van der Waals surface area contributed by atoms with Crippen molar-refractivity contribution in [2.45, 2.75) is 13.0 Å². The summed E-state index contributed by atoms with van der Waals surface area (Å²) in [6.45, 7) is 2.32. The van der Waals surface area contributed by atoms with E-state index in [2.05, 4.69) is 26.9 Å². The summed E-state index contributed by atoms with van der Waals surface area (Å²) in [7, 11) is 0. The van der Waals surface area contributed by atoms with Crippen molar-refractivity contribution >= 4 is 0 Å². The molecule has 16 heavy (non-hydrogen) atoms. The van der Waals surface area contributed by atoms with Crippen LogP contribution in [0.25, 0.3) is 11.4 Å². The standard InChI is InChI=1S/C12H13N3O/c1-2-4-10(5-3-1)12-14-13-11-6-8-16-9-7-15(11)12/h1-5H,6-9H2. The Labute approximate surface area is 93.9 Å². The zero-order valence-electron chi connectivity index (χ0n) is 8.97. The molecule has 1 aliphatic heterocycles. The molecule has 3 rings (SSSR count). The molecule has 4 heteroatoms. The van der Waals surface area contributed by atoms with Crippen LogP contribution >= 0.6 is 0 Å². The number of hydrogen-bond acceptors (Lipinski definition) is 3. The topological polar surface area (TPSA) is 39.9 Å². The highest BCUT2D eigenvalue weighted by molar-refractivity contribution is 5.54. The minimum Gasteiger partial charge on any atom is -0.379 e. The first-order valence-electron chi connectivity index (χ1n) is 5.50. The van der Waals surface area contributed by atoms with Gasteiger partial charge in [-0.05, 0) is 0 Å². The van der Waals surface area contributed by atoms with Crippen LogP contribution in [0.5, 0.6) is 0 Å². The molecule has 0 amide bonds. The van der Waals surface area contributed by atoms with E-state index in [0.717, 1.165) is 43.4 Å². The van der Waals surface area contributed by atoms with Crippen LogP contribution in [0, 0.1) is 0 Å². The van der Waals surface area contributed by atoms with Gasteiger partial charge in [0.1, 0.15) is 5.82 Å². The van der Waals surface area contributed by atoms with Gasteiger partial charge in [0, 0.05) is 18.5 Å². The number of fused-ring (bicyclic) bond motifs is 1. The Balaban J connectivity index is 2.06. The summed E-state index contributed by atoms with van der Waals surface area (Å²) in [5.74, 6) is 1.97. The van der Waals surface area contributed by atoms with Crippen molar-refractivity contribution in [3.8, 4) is 11.4 Å². The van der Waals surface area contributed by atoms with Gasteiger partial charge in [-0.15, -0.1) is 10.2 Å². The normalized spacial score (nSPS) is 15.5. The lowest BCUT2D eigenvalue weighted by atomic mass is 10.2. The second-order valence-electron chi connectivity index (χ2n) is 3.82. The maximum Gasteiger partial charge on any atom is 0.164 e. The van der Waals surface area contributed by atoms with E-state index in [0.29, 0.717) is 0 Å². The predicted molar refractivity (Wildman–Crippen MR) is 60.0 cm³/mol. The van der Waals surface area contributed by atoms with E-state index < -0.39 is 0 Å². The largest absolute Gasteiger partial charge is 0.379 e. The van der Waals surface area contributed by atoms with Crippen molar-refractivity contribution < 1.29 is 4.74 Å². The lowest BCUT2D eigenvalue weighted by molar-refractivity contribution is 0.140. The molecular formula is C12H13N3O. The van der Waals surface area contributed by atoms with Crippen LogP contribution in [-0.4, -0.2) is 28.0 Å². The lowest BCUT2D eigenvalue weighted by Crippen LogP contribution is -2.05. The number of ether oxygens (including phenoxy) is 1.